The van der Waals surface area contributed by atoms with Gasteiger partial charge in [0, 0.05) is 22.9 Å². The van der Waals surface area contributed by atoms with Gasteiger partial charge in [0.25, 0.3) is 0 Å². The van der Waals surface area contributed by atoms with Gasteiger partial charge >= 0.3 is 0 Å². The molecule has 0 N–H and O–H groups in total. The molecule has 0 saturated carbocycles. The van der Waals surface area contributed by atoms with Crippen molar-refractivity contribution in [1.82, 2.24) is 14.5 Å². The highest BCUT2D eigenvalue weighted by Gasteiger charge is 2.22. The minimum absolute atomic E-state index is 0.809. The number of anilines is 1. The number of unbranched alkanes of at least 4 members (excludes halogenated alkanes) is 1. The predicted molar refractivity (Wildman–Crippen MR) is 131 cm³/mol. The van der Waals surface area contributed by atoms with Gasteiger partial charge in [-0.3, -0.25) is 4.57 Å². The molecule has 0 radical (unpaired) electrons. The fourth-order valence-corrected chi connectivity index (χ4v) is 5.10. The Morgan fingerprint density at radius 3 is 2.37 bits per heavy atom. The molecular formula is C25H29BrN4. The van der Waals surface area contributed by atoms with Crippen LogP contribution in [0.2, 0.25) is 0 Å². The zero-order chi connectivity index (χ0) is 21.4. The van der Waals surface area contributed by atoms with E-state index < -0.39 is 0 Å². The van der Waals surface area contributed by atoms with E-state index >= 15 is 0 Å². The zero-order valence-electron chi connectivity index (χ0n) is 18.5. The highest BCUT2D eigenvalue weighted by Crippen LogP contribution is 2.38. The quantitative estimate of drug-likeness (QED) is 0.311. The van der Waals surface area contributed by atoms with Gasteiger partial charge in [0.1, 0.15) is 11.6 Å². The first-order chi connectivity index (χ1) is 14.5. The number of aryl methyl sites for hydroxylation is 3. The van der Waals surface area contributed by atoms with Gasteiger partial charge in [-0.25, -0.2) is 9.97 Å². The molecule has 0 atom stereocenters. The average molecular weight is 465 g/mol. The maximum absolute atomic E-state index is 4.96. The lowest BCUT2D eigenvalue weighted by Gasteiger charge is -2.23. The first-order valence-corrected chi connectivity index (χ1v) is 11.5. The van der Waals surface area contributed by atoms with Gasteiger partial charge < -0.3 is 4.90 Å². The molecule has 0 aliphatic heterocycles. The molecule has 0 fully saturated rings. The minimum atomic E-state index is 0.809. The van der Waals surface area contributed by atoms with Crippen LogP contribution in [0, 0.1) is 20.8 Å². The fourth-order valence-electron chi connectivity index (χ4n) is 4.41. The van der Waals surface area contributed by atoms with Crippen LogP contribution in [0.15, 0.2) is 40.9 Å². The molecule has 2 heterocycles. The molecule has 30 heavy (non-hydrogen) atoms. The molecule has 0 saturated heterocycles. The van der Waals surface area contributed by atoms with Gasteiger partial charge in [-0.2, -0.15) is 0 Å². The number of benzene rings is 2. The highest BCUT2D eigenvalue weighted by atomic mass is 79.9. The number of fused-ring (bicyclic) bond motifs is 3. The summed E-state index contributed by atoms with van der Waals surface area (Å²) in [6, 6.07) is 13.0. The van der Waals surface area contributed by atoms with Crippen molar-refractivity contribution in [2.45, 2.75) is 47.5 Å². The minimum Gasteiger partial charge on any atom is -0.356 e. The van der Waals surface area contributed by atoms with Gasteiger partial charge in [-0.15, -0.1) is 0 Å². The Morgan fingerprint density at radius 2 is 1.70 bits per heavy atom. The lowest BCUT2D eigenvalue weighted by atomic mass is 10.1. The summed E-state index contributed by atoms with van der Waals surface area (Å²) in [5.41, 5.74) is 5.81. The van der Waals surface area contributed by atoms with E-state index in [4.69, 9.17) is 9.97 Å². The normalized spacial score (nSPS) is 11.5. The van der Waals surface area contributed by atoms with Gasteiger partial charge in [-0.1, -0.05) is 47.5 Å². The molecule has 4 rings (SSSR count). The highest BCUT2D eigenvalue weighted by molar-refractivity contribution is 9.10. The largest absolute Gasteiger partial charge is 0.356 e. The van der Waals surface area contributed by atoms with Crippen molar-refractivity contribution in [3.05, 3.63) is 57.8 Å². The van der Waals surface area contributed by atoms with Gasteiger partial charge in [-0.05, 0) is 63.4 Å². The second kappa shape index (κ2) is 8.38. The Bertz CT molecular complexity index is 1200. The third-order valence-corrected chi connectivity index (χ3v) is 6.21. The smallest absolute Gasteiger partial charge is 0.151 e. The molecule has 4 nitrogen and oxygen atoms in total. The van der Waals surface area contributed by atoms with Gasteiger partial charge in [0.05, 0.1) is 16.6 Å². The zero-order valence-corrected chi connectivity index (χ0v) is 20.0. The lowest BCUT2D eigenvalue weighted by molar-refractivity contribution is 0.724. The number of para-hydroxylation sites is 1. The second-order valence-electron chi connectivity index (χ2n) is 7.97. The summed E-state index contributed by atoms with van der Waals surface area (Å²) in [5.74, 6) is 1.86. The maximum atomic E-state index is 4.96. The number of rotatable bonds is 6. The van der Waals surface area contributed by atoms with E-state index in [2.05, 4.69) is 89.5 Å². The Labute approximate surface area is 187 Å². The summed E-state index contributed by atoms with van der Waals surface area (Å²) in [7, 11) is 0. The van der Waals surface area contributed by atoms with E-state index in [1.54, 1.807) is 0 Å². The van der Waals surface area contributed by atoms with E-state index in [1.165, 1.54) is 34.1 Å². The maximum Gasteiger partial charge on any atom is 0.151 e. The molecule has 2 aromatic heterocycles. The van der Waals surface area contributed by atoms with Crippen LogP contribution in [-0.2, 0) is 0 Å². The molecule has 0 bridgehead atoms. The standard InChI is InChI=1S/C25H29BrN4/c1-6-8-13-29(7-2)24-22-20-11-9-10-12-21(20)30(25(22)28-18(5)27-24)23-16(3)14-19(26)15-17(23)4/h9-12,14-15H,6-8,13H2,1-5H3. The van der Waals surface area contributed by atoms with Gasteiger partial charge in [0.2, 0.25) is 0 Å². The van der Waals surface area contributed by atoms with Crippen molar-refractivity contribution in [2.75, 3.05) is 18.0 Å². The fraction of sp³-hybridized carbons (Fsp3) is 0.360. The number of aromatic nitrogens is 3. The summed E-state index contributed by atoms with van der Waals surface area (Å²) < 4.78 is 3.43. The SMILES string of the molecule is CCCCN(CC)c1nc(C)nc2c1c1ccccc1n2-c1c(C)cc(Br)cc1C. The number of halogens is 1. The molecule has 2 aromatic carbocycles. The van der Waals surface area contributed by atoms with Crippen LogP contribution in [0.5, 0.6) is 0 Å². The van der Waals surface area contributed by atoms with E-state index in [-0.39, 0.29) is 0 Å². The molecule has 0 aliphatic carbocycles. The Hall–Kier alpha value is -2.40. The molecule has 0 amide bonds. The Morgan fingerprint density at radius 1 is 1.00 bits per heavy atom. The molecule has 0 aliphatic rings. The van der Waals surface area contributed by atoms with Crippen LogP contribution >= 0.6 is 15.9 Å². The van der Waals surface area contributed by atoms with E-state index in [0.29, 0.717) is 0 Å². The summed E-state index contributed by atoms with van der Waals surface area (Å²) in [5, 5.41) is 2.36. The van der Waals surface area contributed by atoms with Crippen molar-refractivity contribution in [3.63, 3.8) is 0 Å². The van der Waals surface area contributed by atoms with Crippen molar-refractivity contribution >= 4 is 43.7 Å². The molecule has 5 heteroatoms. The average Bonchev–Trinajstić information content (AvgIpc) is 3.02. The Kier molecular flexibility index (Phi) is 5.83. The molecule has 0 spiro atoms. The van der Waals surface area contributed by atoms with Crippen LogP contribution in [0.3, 0.4) is 0 Å². The molecular weight excluding hydrogens is 436 g/mol. The van der Waals surface area contributed by atoms with Crippen LogP contribution in [0.25, 0.3) is 27.6 Å². The third-order valence-electron chi connectivity index (χ3n) is 5.75. The second-order valence-corrected chi connectivity index (χ2v) is 8.88. The summed E-state index contributed by atoms with van der Waals surface area (Å²) in [4.78, 5) is 12.3. The van der Waals surface area contributed by atoms with Crippen molar-refractivity contribution < 1.29 is 0 Å². The van der Waals surface area contributed by atoms with Crippen LogP contribution in [0.4, 0.5) is 5.82 Å². The van der Waals surface area contributed by atoms with Crippen molar-refractivity contribution in [1.29, 1.82) is 0 Å². The first-order valence-electron chi connectivity index (χ1n) is 10.8. The predicted octanol–water partition coefficient (Wildman–Crippen LogP) is 6.89. The number of hydrogen-bond donors (Lipinski definition) is 0. The van der Waals surface area contributed by atoms with Crippen molar-refractivity contribution in [2.24, 2.45) is 0 Å². The number of nitrogens with zero attached hydrogens (tertiary/aromatic N) is 4. The summed E-state index contributed by atoms with van der Waals surface area (Å²) >= 11 is 3.64. The summed E-state index contributed by atoms with van der Waals surface area (Å²) in [6.45, 7) is 12.7. The molecule has 4 aromatic rings. The third kappa shape index (κ3) is 3.49. The summed E-state index contributed by atoms with van der Waals surface area (Å²) in [6.07, 6.45) is 2.32. The lowest BCUT2D eigenvalue weighted by Crippen LogP contribution is -2.25. The Balaban J connectivity index is 2.13. The van der Waals surface area contributed by atoms with Crippen LogP contribution in [0.1, 0.15) is 43.6 Å². The van der Waals surface area contributed by atoms with E-state index in [9.17, 15) is 0 Å². The van der Waals surface area contributed by atoms with Gasteiger partial charge in [0.15, 0.2) is 5.65 Å². The molecule has 0 unspecified atom stereocenters. The molecule has 156 valence electrons. The monoisotopic (exact) mass is 464 g/mol. The topological polar surface area (TPSA) is 34.0 Å². The first kappa shape index (κ1) is 20.9. The number of hydrogen-bond acceptors (Lipinski definition) is 3. The van der Waals surface area contributed by atoms with Crippen molar-refractivity contribution in [3.8, 4) is 5.69 Å². The van der Waals surface area contributed by atoms with Crippen LogP contribution in [-0.4, -0.2) is 27.6 Å². The van der Waals surface area contributed by atoms with Crippen LogP contribution < -0.4 is 4.90 Å². The van der Waals surface area contributed by atoms with E-state index in [1.807, 2.05) is 6.92 Å². The van der Waals surface area contributed by atoms with E-state index in [0.717, 1.165) is 46.7 Å².